The minimum Gasteiger partial charge on any atom is -0.497 e. The number of rotatable bonds is 8. The molecule has 1 aromatic heterocycles. The van der Waals surface area contributed by atoms with Crippen molar-refractivity contribution in [3.05, 3.63) is 94.5 Å². The van der Waals surface area contributed by atoms with E-state index in [0.29, 0.717) is 22.1 Å². The predicted octanol–water partition coefficient (Wildman–Crippen LogP) is 5.52. The van der Waals surface area contributed by atoms with Crippen LogP contribution in [0.2, 0.25) is 0 Å². The number of hydrogen-bond donors (Lipinski definition) is 2. The fourth-order valence-corrected chi connectivity index (χ4v) is 4.82. The first-order valence-electron chi connectivity index (χ1n) is 11.6. The van der Waals surface area contributed by atoms with Crippen molar-refractivity contribution >= 4 is 57.2 Å². The van der Waals surface area contributed by atoms with E-state index in [9.17, 15) is 14.4 Å². The van der Waals surface area contributed by atoms with Crippen molar-refractivity contribution in [2.24, 2.45) is 0 Å². The zero-order valence-electron chi connectivity index (χ0n) is 20.7. The Kier molecular flexibility index (Phi) is 7.31. The smallest absolute Gasteiger partial charge is 0.283 e. The van der Waals surface area contributed by atoms with Gasteiger partial charge in [-0.15, -0.1) is 11.3 Å². The Morgan fingerprint density at radius 3 is 2.38 bits per heavy atom. The van der Waals surface area contributed by atoms with E-state index in [1.807, 2.05) is 35.7 Å². The minimum atomic E-state index is -0.693. The van der Waals surface area contributed by atoms with Gasteiger partial charge in [0.05, 0.1) is 25.6 Å². The summed E-state index contributed by atoms with van der Waals surface area (Å²) >= 11 is 7.59. The Balaban J connectivity index is 1.28. The zero-order valence-corrected chi connectivity index (χ0v) is 22.3. The Labute approximate surface area is 232 Å². The van der Waals surface area contributed by atoms with Crippen molar-refractivity contribution in [3.8, 4) is 22.8 Å². The maximum absolute atomic E-state index is 13.2. The van der Waals surface area contributed by atoms with Crippen LogP contribution >= 0.6 is 22.9 Å². The SMILES string of the molecule is COc1ccc(N2C(=O)C(Cl)=C(Nc3ccc(C(=O)Nc4nc(-c5ccccc5)cs4)cc3)C2=O)c(OC)c1. The average molecular weight is 561 g/mol. The monoisotopic (exact) mass is 560 g/mol. The molecule has 0 unspecified atom stereocenters. The molecule has 0 radical (unpaired) electrons. The van der Waals surface area contributed by atoms with Crippen LogP contribution in [-0.4, -0.2) is 36.9 Å². The van der Waals surface area contributed by atoms with Gasteiger partial charge in [0.2, 0.25) is 0 Å². The standard InChI is InChI=1S/C28H21ClN4O5S/c1-37-19-12-13-21(22(14-19)38-2)33-26(35)23(29)24(27(33)36)30-18-10-8-17(9-11-18)25(34)32-28-31-20(15-39-28)16-6-4-3-5-7-16/h3-15,30H,1-2H3,(H,31,32,34). The van der Waals surface area contributed by atoms with Crippen LogP contribution in [-0.2, 0) is 9.59 Å². The molecule has 3 aromatic carbocycles. The molecular weight excluding hydrogens is 540 g/mol. The molecule has 11 heteroatoms. The van der Waals surface area contributed by atoms with E-state index in [-0.39, 0.29) is 28.1 Å². The van der Waals surface area contributed by atoms with Gasteiger partial charge in [0.25, 0.3) is 17.7 Å². The lowest BCUT2D eigenvalue weighted by Crippen LogP contribution is -2.32. The fraction of sp³-hybridized carbons (Fsp3) is 0.0714. The third kappa shape index (κ3) is 5.20. The number of ether oxygens (including phenoxy) is 2. The van der Waals surface area contributed by atoms with Crippen molar-refractivity contribution in [2.45, 2.75) is 0 Å². The summed E-state index contributed by atoms with van der Waals surface area (Å²) in [5.74, 6) is -0.899. The molecule has 4 aromatic rings. The molecule has 3 amide bonds. The third-order valence-electron chi connectivity index (χ3n) is 5.87. The highest BCUT2D eigenvalue weighted by Gasteiger charge is 2.40. The van der Waals surface area contributed by atoms with Crippen LogP contribution in [0, 0.1) is 0 Å². The molecule has 0 atom stereocenters. The molecular formula is C28H21ClN4O5S. The molecule has 2 N–H and O–H groups in total. The number of halogens is 1. The minimum absolute atomic E-state index is 0.0898. The summed E-state index contributed by atoms with van der Waals surface area (Å²) in [6, 6.07) is 20.8. The molecule has 5 rings (SSSR count). The zero-order chi connectivity index (χ0) is 27.5. The lowest BCUT2D eigenvalue weighted by atomic mass is 10.2. The molecule has 1 aliphatic heterocycles. The summed E-state index contributed by atoms with van der Waals surface area (Å²) in [4.78, 5) is 44.2. The van der Waals surface area contributed by atoms with Crippen molar-refractivity contribution in [1.82, 2.24) is 4.98 Å². The summed E-state index contributed by atoms with van der Waals surface area (Å²) in [5, 5.41) is 7.77. The van der Waals surface area contributed by atoms with Gasteiger partial charge in [-0.25, -0.2) is 9.88 Å². The summed E-state index contributed by atoms with van der Waals surface area (Å²) in [6.07, 6.45) is 0. The van der Waals surface area contributed by atoms with Crippen LogP contribution in [0.4, 0.5) is 16.5 Å². The molecule has 9 nitrogen and oxygen atoms in total. The predicted molar refractivity (Wildman–Crippen MR) is 150 cm³/mol. The molecule has 39 heavy (non-hydrogen) atoms. The summed E-state index contributed by atoms with van der Waals surface area (Å²) in [7, 11) is 2.92. The van der Waals surface area contributed by atoms with Crippen LogP contribution < -0.4 is 25.0 Å². The summed E-state index contributed by atoms with van der Waals surface area (Å²) < 4.78 is 10.5. The van der Waals surface area contributed by atoms with Crippen LogP contribution in [0.15, 0.2) is 88.9 Å². The number of nitrogens with zero attached hydrogens (tertiary/aromatic N) is 2. The van der Waals surface area contributed by atoms with Crippen LogP contribution in [0.1, 0.15) is 10.4 Å². The maximum atomic E-state index is 13.2. The van der Waals surface area contributed by atoms with Gasteiger partial charge < -0.3 is 14.8 Å². The molecule has 196 valence electrons. The summed E-state index contributed by atoms with van der Waals surface area (Å²) in [5.41, 5.74) is 2.72. The van der Waals surface area contributed by atoms with Crippen LogP contribution in [0.5, 0.6) is 11.5 Å². The van der Waals surface area contributed by atoms with Gasteiger partial charge in [-0.2, -0.15) is 0 Å². The van der Waals surface area contributed by atoms with E-state index < -0.39 is 11.8 Å². The van der Waals surface area contributed by atoms with Gasteiger partial charge in [-0.1, -0.05) is 41.9 Å². The van der Waals surface area contributed by atoms with E-state index in [0.717, 1.165) is 16.2 Å². The van der Waals surface area contributed by atoms with Crippen molar-refractivity contribution in [1.29, 1.82) is 0 Å². The van der Waals surface area contributed by atoms with Crippen LogP contribution in [0.25, 0.3) is 11.3 Å². The molecule has 2 heterocycles. The summed E-state index contributed by atoms with van der Waals surface area (Å²) in [6.45, 7) is 0. The number of aromatic nitrogens is 1. The maximum Gasteiger partial charge on any atom is 0.283 e. The fourth-order valence-electron chi connectivity index (χ4n) is 3.89. The van der Waals surface area contributed by atoms with E-state index >= 15 is 0 Å². The van der Waals surface area contributed by atoms with Gasteiger partial charge in [0, 0.05) is 28.3 Å². The lowest BCUT2D eigenvalue weighted by Gasteiger charge is -2.18. The van der Waals surface area contributed by atoms with E-state index in [4.69, 9.17) is 21.1 Å². The molecule has 0 aliphatic carbocycles. The molecule has 0 bridgehead atoms. The first-order chi connectivity index (χ1) is 18.9. The lowest BCUT2D eigenvalue weighted by molar-refractivity contribution is -0.120. The Morgan fingerprint density at radius 2 is 1.69 bits per heavy atom. The number of imide groups is 1. The van der Waals surface area contributed by atoms with Gasteiger partial charge in [-0.3, -0.25) is 19.7 Å². The average Bonchev–Trinajstić information content (AvgIpc) is 3.52. The van der Waals surface area contributed by atoms with Gasteiger partial charge in [0.15, 0.2) is 5.13 Å². The first-order valence-corrected chi connectivity index (χ1v) is 12.9. The highest BCUT2D eigenvalue weighted by atomic mass is 35.5. The number of nitrogens with one attached hydrogen (secondary N) is 2. The molecule has 0 spiro atoms. The highest BCUT2D eigenvalue weighted by molar-refractivity contribution is 7.14. The second kappa shape index (κ2) is 11.0. The quantitative estimate of drug-likeness (QED) is 0.273. The second-order valence-corrected chi connectivity index (χ2v) is 9.47. The number of anilines is 3. The van der Waals surface area contributed by atoms with E-state index in [1.54, 1.807) is 42.5 Å². The Hall–Kier alpha value is -4.67. The Morgan fingerprint density at radius 1 is 0.949 bits per heavy atom. The second-order valence-electron chi connectivity index (χ2n) is 8.23. The van der Waals surface area contributed by atoms with Gasteiger partial charge in [-0.05, 0) is 36.4 Å². The number of thiazole rings is 1. The number of carbonyl (C=O) groups is 3. The van der Waals surface area contributed by atoms with Gasteiger partial charge >= 0.3 is 0 Å². The number of amides is 3. The van der Waals surface area contributed by atoms with Crippen molar-refractivity contribution in [3.63, 3.8) is 0 Å². The normalized spacial score (nSPS) is 13.1. The van der Waals surface area contributed by atoms with Crippen LogP contribution in [0.3, 0.4) is 0 Å². The Bertz CT molecular complexity index is 1600. The molecule has 0 fully saturated rings. The van der Waals surface area contributed by atoms with Crippen molar-refractivity contribution < 1.29 is 23.9 Å². The number of benzene rings is 3. The number of carbonyl (C=O) groups excluding carboxylic acids is 3. The number of methoxy groups -OCH3 is 2. The largest absolute Gasteiger partial charge is 0.497 e. The molecule has 1 aliphatic rings. The highest BCUT2D eigenvalue weighted by Crippen LogP contribution is 2.37. The number of hydrogen-bond acceptors (Lipinski definition) is 8. The third-order valence-corrected chi connectivity index (χ3v) is 6.97. The topological polar surface area (TPSA) is 110 Å². The van der Waals surface area contributed by atoms with Crippen molar-refractivity contribution in [2.75, 3.05) is 29.8 Å². The molecule has 0 saturated carbocycles. The van der Waals surface area contributed by atoms with E-state index in [2.05, 4.69) is 15.6 Å². The van der Waals surface area contributed by atoms with Gasteiger partial charge in [0.1, 0.15) is 22.2 Å². The first kappa shape index (κ1) is 26.0. The van der Waals surface area contributed by atoms with E-state index in [1.165, 1.54) is 25.6 Å². The molecule has 0 saturated heterocycles.